The Bertz CT molecular complexity index is 892. The molecule has 26 heavy (non-hydrogen) atoms. The van der Waals surface area contributed by atoms with Crippen LogP contribution in [0, 0.1) is 5.82 Å². The standard InChI is InChI=1S/C17H16F4N2O2S/c18-15-6-1-2-7-16(15)22-8-10-23(11-9-22)26(24,25)14-5-3-4-13(12-14)17(19,20)21/h1-7,12H,8-11H2. The third-order valence-corrected chi connectivity index (χ3v) is 6.13. The molecular formula is C17H16F4N2O2S. The highest BCUT2D eigenvalue weighted by Crippen LogP contribution is 2.31. The van der Waals surface area contributed by atoms with E-state index in [-0.39, 0.29) is 26.2 Å². The lowest BCUT2D eigenvalue weighted by Gasteiger charge is -2.35. The van der Waals surface area contributed by atoms with Gasteiger partial charge in [-0.3, -0.25) is 0 Å². The Hall–Kier alpha value is -2.13. The molecule has 1 fully saturated rings. The van der Waals surface area contributed by atoms with Crippen LogP contribution in [0.25, 0.3) is 0 Å². The van der Waals surface area contributed by atoms with Gasteiger partial charge in [0.05, 0.1) is 16.1 Å². The molecule has 0 bridgehead atoms. The first kappa shape index (κ1) is 18.7. The summed E-state index contributed by atoms with van der Waals surface area (Å²) in [5.74, 6) is -0.401. The smallest absolute Gasteiger partial charge is 0.367 e. The van der Waals surface area contributed by atoms with E-state index in [1.807, 2.05) is 0 Å². The summed E-state index contributed by atoms with van der Waals surface area (Å²) in [4.78, 5) is 1.32. The molecule has 1 aliphatic rings. The van der Waals surface area contributed by atoms with Gasteiger partial charge in [-0.25, -0.2) is 12.8 Å². The van der Waals surface area contributed by atoms with Crippen molar-refractivity contribution in [3.05, 3.63) is 59.9 Å². The molecule has 3 rings (SSSR count). The predicted molar refractivity (Wildman–Crippen MR) is 88.8 cm³/mol. The molecular weight excluding hydrogens is 372 g/mol. The van der Waals surface area contributed by atoms with Gasteiger partial charge in [-0.1, -0.05) is 18.2 Å². The van der Waals surface area contributed by atoms with E-state index in [4.69, 9.17) is 0 Å². The van der Waals surface area contributed by atoms with Gasteiger partial charge in [0, 0.05) is 26.2 Å². The maximum absolute atomic E-state index is 13.8. The van der Waals surface area contributed by atoms with Gasteiger partial charge in [-0.05, 0) is 30.3 Å². The van der Waals surface area contributed by atoms with Crippen LogP contribution in [0.2, 0.25) is 0 Å². The van der Waals surface area contributed by atoms with Crippen LogP contribution in [-0.4, -0.2) is 38.9 Å². The van der Waals surface area contributed by atoms with E-state index >= 15 is 0 Å². The first-order valence-corrected chi connectivity index (χ1v) is 9.30. The van der Waals surface area contributed by atoms with Gasteiger partial charge in [0.15, 0.2) is 0 Å². The van der Waals surface area contributed by atoms with Gasteiger partial charge in [0.1, 0.15) is 5.82 Å². The molecule has 4 nitrogen and oxygen atoms in total. The van der Waals surface area contributed by atoms with Crippen LogP contribution in [0.5, 0.6) is 0 Å². The Labute approximate surface area is 148 Å². The molecule has 1 aliphatic heterocycles. The minimum absolute atomic E-state index is 0.0624. The summed E-state index contributed by atoms with van der Waals surface area (Å²) in [7, 11) is -4.05. The molecule has 1 saturated heterocycles. The molecule has 0 N–H and O–H groups in total. The van der Waals surface area contributed by atoms with Gasteiger partial charge in [-0.2, -0.15) is 17.5 Å². The lowest BCUT2D eigenvalue weighted by molar-refractivity contribution is -0.137. The number of halogens is 4. The second-order valence-corrected chi connectivity index (χ2v) is 7.81. The Balaban J connectivity index is 1.78. The summed E-state index contributed by atoms with van der Waals surface area (Å²) < 4.78 is 78.7. The van der Waals surface area contributed by atoms with E-state index in [0.29, 0.717) is 11.8 Å². The Kier molecular flexibility index (Phi) is 4.94. The van der Waals surface area contributed by atoms with Crippen LogP contribution < -0.4 is 4.90 Å². The van der Waals surface area contributed by atoms with E-state index in [2.05, 4.69) is 0 Å². The number of hydrogen-bond donors (Lipinski definition) is 0. The zero-order valence-corrected chi connectivity index (χ0v) is 14.4. The van der Waals surface area contributed by atoms with Crippen molar-refractivity contribution in [2.45, 2.75) is 11.1 Å². The summed E-state index contributed by atoms with van der Waals surface area (Å²) in [5, 5.41) is 0. The molecule has 140 valence electrons. The van der Waals surface area contributed by atoms with Gasteiger partial charge in [0.2, 0.25) is 10.0 Å². The highest BCUT2D eigenvalue weighted by molar-refractivity contribution is 7.89. The Morgan fingerprint density at radius 2 is 1.54 bits per heavy atom. The monoisotopic (exact) mass is 388 g/mol. The molecule has 2 aromatic rings. The van der Waals surface area contributed by atoms with Crippen molar-refractivity contribution in [3.63, 3.8) is 0 Å². The SMILES string of the molecule is O=S(=O)(c1cccc(C(F)(F)F)c1)N1CCN(c2ccccc2F)CC1. The number of piperazine rings is 1. The molecule has 2 aromatic carbocycles. The number of anilines is 1. The van der Waals surface area contributed by atoms with E-state index in [9.17, 15) is 26.0 Å². The summed E-state index contributed by atoms with van der Waals surface area (Å²) in [6, 6.07) is 9.86. The third-order valence-electron chi connectivity index (χ3n) is 4.23. The van der Waals surface area contributed by atoms with Crippen molar-refractivity contribution >= 4 is 15.7 Å². The van der Waals surface area contributed by atoms with E-state index in [1.165, 1.54) is 6.07 Å². The first-order valence-electron chi connectivity index (χ1n) is 7.86. The summed E-state index contributed by atoms with van der Waals surface area (Å²) >= 11 is 0. The number of nitrogens with zero attached hydrogens (tertiary/aromatic N) is 2. The molecule has 0 saturated carbocycles. The minimum Gasteiger partial charge on any atom is -0.367 e. The number of para-hydroxylation sites is 1. The largest absolute Gasteiger partial charge is 0.416 e. The molecule has 0 radical (unpaired) electrons. The van der Waals surface area contributed by atoms with Crippen LogP contribution in [0.15, 0.2) is 53.4 Å². The van der Waals surface area contributed by atoms with E-state index < -0.39 is 32.5 Å². The van der Waals surface area contributed by atoms with Crippen LogP contribution in [-0.2, 0) is 16.2 Å². The van der Waals surface area contributed by atoms with E-state index in [0.717, 1.165) is 22.5 Å². The third kappa shape index (κ3) is 3.68. The molecule has 9 heteroatoms. The first-order chi connectivity index (χ1) is 12.2. The topological polar surface area (TPSA) is 40.6 Å². The second-order valence-electron chi connectivity index (χ2n) is 5.87. The molecule has 0 unspecified atom stereocenters. The van der Waals surface area contributed by atoms with E-state index in [1.54, 1.807) is 23.1 Å². The number of sulfonamides is 1. The number of benzene rings is 2. The Morgan fingerprint density at radius 1 is 0.885 bits per heavy atom. The average Bonchev–Trinajstić information content (AvgIpc) is 2.62. The minimum atomic E-state index is -4.62. The summed E-state index contributed by atoms with van der Waals surface area (Å²) in [5.41, 5.74) is -0.632. The van der Waals surface area contributed by atoms with Crippen molar-refractivity contribution in [1.82, 2.24) is 4.31 Å². The van der Waals surface area contributed by atoms with Crippen LogP contribution >= 0.6 is 0 Å². The Morgan fingerprint density at radius 3 is 2.15 bits per heavy atom. The van der Waals surface area contributed by atoms with Crippen molar-refractivity contribution < 1.29 is 26.0 Å². The van der Waals surface area contributed by atoms with Gasteiger partial charge < -0.3 is 4.90 Å². The zero-order chi connectivity index (χ0) is 18.9. The zero-order valence-electron chi connectivity index (χ0n) is 13.6. The van der Waals surface area contributed by atoms with Crippen molar-refractivity contribution in [3.8, 4) is 0 Å². The van der Waals surface area contributed by atoms with Crippen LogP contribution in [0.4, 0.5) is 23.2 Å². The molecule has 0 aliphatic carbocycles. The molecule has 0 atom stereocenters. The van der Waals surface area contributed by atoms with Gasteiger partial charge >= 0.3 is 6.18 Å². The lowest BCUT2D eigenvalue weighted by Crippen LogP contribution is -2.48. The lowest BCUT2D eigenvalue weighted by atomic mass is 10.2. The molecule has 1 heterocycles. The molecule has 0 spiro atoms. The molecule has 0 aromatic heterocycles. The molecule has 0 amide bonds. The summed E-state index contributed by atoms with van der Waals surface area (Å²) in [6.07, 6.45) is -4.62. The van der Waals surface area contributed by atoms with Crippen LogP contribution in [0.1, 0.15) is 5.56 Å². The maximum atomic E-state index is 13.8. The van der Waals surface area contributed by atoms with Crippen LogP contribution in [0.3, 0.4) is 0 Å². The maximum Gasteiger partial charge on any atom is 0.416 e. The quantitative estimate of drug-likeness (QED) is 0.758. The number of rotatable bonds is 3. The normalized spacial score (nSPS) is 16.7. The van der Waals surface area contributed by atoms with Crippen molar-refractivity contribution in [2.24, 2.45) is 0 Å². The number of alkyl halides is 3. The predicted octanol–water partition coefficient (Wildman–Crippen LogP) is 3.36. The fourth-order valence-electron chi connectivity index (χ4n) is 2.86. The highest BCUT2D eigenvalue weighted by Gasteiger charge is 2.34. The fourth-order valence-corrected chi connectivity index (χ4v) is 4.33. The summed E-state index contributed by atoms with van der Waals surface area (Å²) in [6.45, 7) is 0.623. The average molecular weight is 388 g/mol. The van der Waals surface area contributed by atoms with Crippen molar-refractivity contribution in [2.75, 3.05) is 31.1 Å². The fraction of sp³-hybridized carbons (Fsp3) is 0.294. The van der Waals surface area contributed by atoms with Crippen molar-refractivity contribution in [1.29, 1.82) is 0 Å². The van der Waals surface area contributed by atoms with Gasteiger partial charge in [0.25, 0.3) is 0 Å². The second kappa shape index (κ2) is 6.88. The number of hydrogen-bond acceptors (Lipinski definition) is 3. The highest BCUT2D eigenvalue weighted by atomic mass is 32.2. The van der Waals surface area contributed by atoms with Gasteiger partial charge in [-0.15, -0.1) is 0 Å².